The first-order valence-electron chi connectivity index (χ1n) is 7.49. The molecule has 0 aromatic carbocycles. The zero-order chi connectivity index (χ0) is 14.7. The summed E-state index contributed by atoms with van der Waals surface area (Å²) in [7, 11) is 0. The SMILES string of the molecule is CC1CCC(NC(=O)c2coc(C(N)C(C)C)n2)CC1. The summed E-state index contributed by atoms with van der Waals surface area (Å²) < 4.78 is 5.32. The van der Waals surface area contributed by atoms with E-state index >= 15 is 0 Å². The number of hydrogen-bond donors (Lipinski definition) is 2. The van der Waals surface area contributed by atoms with Crippen LogP contribution in [0.2, 0.25) is 0 Å². The Hall–Kier alpha value is -1.36. The van der Waals surface area contributed by atoms with Gasteiger partial charge in [0.2, 0.25) is 5.89 Å². The van der Waals surface area contributed by atoms with Crippen LogP contribution in [0.25, 0.3) is 0 Å². The van der Waals surface area contributed by atoms with E-state index < -0.39 is 0 Å². The molecule has 0 radical (unpaired) electrons. The highest BCUT2D eigenvalue weighted by molar-refractivity contribution is 5.92. The van der Waals surface area contributed by atoms with Crippen molar-refractivity contribution >= 4 is 5.91 Å². The minimum Gasteiger partial charge on any atom is -0.446 e. The summed E-state index contributed by atoms with van der Waals surface area (Å²) in [5, 5.41) is 3.03. The van der Waals surface area contributed by atoms with Gasteiger partial charge in [0.1, 0.15) is 6.26 Å². The minimum atomic E-state index is -0.271. The molecule has 112 valence electrons. The fourth-order valence-corrected chi connectivity index (χ4v) is 2.49. The minimum absolute atomic E-state index is 0.157. The van der Waals surface area contributed by atoms with Crippen molar-refractivity contribution in [1.82, 2.24) is 10.3 Å². The van der Waals surface area contributed by atoms with Crippen molar-refractivity contribution in [3.8, 4) is 0 Å². The van der Waals surface area contributed by atoms with Crippen LogP contribution in [-0.2, 0) is 0 Å². The van der Waals surface area contributed by atoms with Crippen LogP contribution < -0.4 is 11.1 Å². The molecule has 0 bridgehead atoms. The predicted molar refractivity (Wildman–Crippen MR) is 77.2 cm³/mol. The molecule has 1 fully saturated rings. The maximum absolute atomic E-state index is 12.1. The van der Waals surface area contributed by atoms with Crippen LogP contribution in [0, 0.1) is 11.8 Å². The van der Waals surface area contributed by atoms with Crippen molar-refractivity contribution in [2.75, 3.05) is 0 Å². The van der Waals surface area contributed by atoms with Gasteiger partial charge in [0, 0.05) is 6.04 Å². The van der Waals surface area contributed by atoms with Gasteiger partial charge < -0.3 is 15.5 Å². The Morgan fingerprint density at radius 3 is 2.65 bits per heavy atom. The van der Waals surface area contributed by atoms with Crippen LogP contribution in [0.3, 0.4) is 0 Å². The Labute approximate surface area is 120 Å². The fourth-order valence-electron chi connectivity index (χ4n) is 2.49. The lowest BCUT2D eigenvalue weighted by Gasteiger charge is -2.26. The topological polar surface area (TPSA) is 81.2 Å². The lowest BCUT2D eigenvalue weighted by molar-refractivity contribution is 0.0918. The van der Waals surface area contributed by atoms with Crippen molar-refractivity contribution in [2.24, 2.45) is 17.6 Å². The van der Waals surface area contributed by atoms with Gasteiger partial charge in [-0.15, -0.1) is 0 Å². The zero-order valence-corrected chi connectivity index (χ0v) is 12.6. The third kappa shape index (κ3) is 3.60. The molecule has 5 nitrogen and oxygen atoms in total. The number of hydrogen-bond acceptors (Lipinski definition) is 4. The quantitative estimate of drug-likeness (QED) is 0.887. The van der Waals surface area contributed by atoms with Crippen LogP contribution >= 0.6 is 0 Å². The molecule has 1 heterocycles. The number of nitrogens with one attached hydrogen (secondary N) is 1. The maximum Gasteiger partial charge on any atom is 0.273 e. The van der Waals surface area contributed by atoms with Gasteiger partial charge in [0.15, 0.2) is 5.69 Å². The number of rotatable bonds is 4. The van der Waals surface area contributed by atoms with Gasteiger partial charge in [-0.3, -0.25) is 4.79 Å². The van der Waals surface area contributed by atoms with E-state index in [4.69, 9.17) is 10.2 Å². The Balaban J connectivity index is 1.93. The number of carbonyl (C=O) groups excluding carboxylic acids is 1. The number of aromatic nitrogens is 1. The van der Waals surface area contributed by atoms with Gasteiger partial charge in [-0.1, -0.05) is 20.8 Å². The number of nitrogens with two attached hydrogens (primary N) is 1. The Kier molecular flexibility index (Phi) is 4.81. The van der Waals surface area contributed by atoms with Gasteiger partial charge in [0.25, 0.3) is 5.91 Å². The largest absolute Gasteiger partial charge is 0.446 e. The number of carbonyl (C=O) groups is 1. The predicted octanol–water partition coefficient (Wildman–Crippen LogP) is 2.64. The summed E-state index contributed by atoms with van der Waals surface area (Å²) >= 11 is 0. The van der Waals surface area contributed by atoms with E-state index in [1.54, 1.807) is 0 Å². The zero-order valence-electron chi connectivity index (χ0n) is 12.6. The molecule has 0 saturated heterocycles. The molecule has 0 spiro atoms. The standard InChI is InChI=1S/C15H25N3O2/c1-9(2)13(16)15-18-12(8-20-15)14(19)17-11-6-4-10(3)5-7-11/h8-11,13H,4-7,16H2,1-3H3,(H,17,19). The van der Waals surface area contributed by atoms with E-state index in [2.05, 4.69) is 17.2 Å². The van der Waals surface area contributed by atoms with Gasteiger partial charge in [0.05, 0.1) is 6.04 Å². The highest BCUT2D eigenvalue weighted by Gasteiger charge is 2.23. The number of nitrogens with zero attached hydrogens (tertiary/aromatic N) is 1. The third-order valence-electron chi connectivity index (χ3n) is 4.11. The molecule has 1 aliphatic rings. The van der Waals surface area contributed by atoms with E-state index in [0.29, 0.717) is 11.6 Å². The first-order valence-corrected chi connectivity index (χ1v) is 7.49. The summed E-state index contributed by atoms with van der Waals surface area (Å²) in [6, 6.07) is -0.00953. The van der Waals surface area contributed by atoms with E-state index in [1.807, 2.05) is 13.8 Å². The molecular formula is C15H25N3O2. The first kappa shape index (κ1) is 15.0. The van der Waals surface area contributed by atoms with Crippen LogP contribution in [0.15, 0.2) is 10.7 Å². The van der Waals surface area contributed by atoms with Crippen molar-refractivity contribution in [3.63, 3.8) is 0 Å². The molecule has 1 saturated carbocycles. The molecule has 5 heteroatoms. The van der Waals surface area contributed by atoms with Crippen molar-refractivity contribution in [1.29, 1.82) is 0 Å². The summed E-state index contributed by atoms with van der Waals surface area (Å²) in [5.41, 5.74) is 6.29. The van der Waals surface area contributed by atoms with E-state index in [0.717, 1.165) is 18.8 Å². The Bertz CT molecular complexity index is 448. The molecule has 3 N–H and O–H groups in total. The van der Waals surface area contributed by atoms with E-state index in [1.165, 1.54) is 19.1 Å². The molecule has 1 unspecified atom stereocenters. The first-order chi connectivity index (χ1) is 9.47. The smallest absolute Gasteiger partial charge is 0.273 e. The summed E-state index contributed by atoms with van der Waals surface area (Å²) in [6.07, 6.45) is 5.84. The highest BCUT2D eigenvalue weighted by atomic mass is 16.3. The molecular weight excluding hydrogens is 254 g/mol. The van der Waals surface area contributed by atoms with Crippen molar-refractivity contribution in [2.45, 2.75) is 58.5 Å². The average Bonchev–Trinajstić information content (AvgIpc) is 2.90. The summed E-state index contributed by atoms with van der Waals surface area (Å²) in [4.78, 5) is 16.3. The van der Waals surface area contributed by atoms with Crippen LogP contribution in [0.4, 0.5) is 0 Å². The molecule has 2 rings (SSSR count). The average molecular weight is 279 g/mol. The van der Waals surface area contributed by atoms with Gasteiger partial charge in [-0.25, -0.2) is 4.98 Å². The summed E-state index contributed by atoms with van der Waals surface area (Å²) in [5.74, 6) is 1.27. The van der Waals surface area contributed by atoms with Crippen LogP contribution in [0.5, 0.6) is 0 Å². The molecule has 1 atom stereocenters. The fraction of sp³-hybridized carbons (Fsp3) is 0.733. The Morgan fingerprint density at radius 1 is 1.40 bits per heavy atom. The van der Waals surface area contributed by atoms with Gasteiger partial charge >= 0.3 is 0 Å². The van der Waals surface area contributed by atoms with Gasteiger partial charge in [-0.2, -0.15) is 0 Å². The summed E-state index contributed by atoms with van der Waals surface area (Å²) in [6.45, 7) is 6.25. The third-order valence-corrected chi connectivity index (χ3v) is 4.11. The monoisotopic (exact) mass is 279 g/mol. The highest BCUT2D eigenvalue weighted by Crippen LogP contribution is 2.24. The molecule has 1 aliphatic carbocycles. The van der Waals surface area contributed by atoms with Crippen LogP contribution in [0.1, 0.15) is 68.9 Å². The number of amides is 1. The van der Waals surface area contributed by atoms with Crippen molar-refractivity contribution < 1.29 is 9.21 Å². The second-order valence-electron chi connectivity index (χ2n) is 6.27. The second kappa shape index (κ2) is 6.39. The molecule has 1 amide bonds. The lowest BCUT2D eigenvalue weighted by atomic mass is 9.87. The van der Waals surface area contributed by atoms with E-state index in [9.17, 15) is 4.79 Å². The second-order valence-corrected chi connectivity index (χ2v) is 6.27. The number of oxazole rings is 1. The van der Waals surface area contributed by atoms with Gasteiger partial charge in [-0.05, 0) is 37.5 Å². The normalized spacial score (nSPS) is 24.6. The molecule has 1 aromatic heterocycles. The van der Waals surface area contributed by atoms with E-state index in [-0.39, 0.29) is 23.9 Å². The Morgan fingerprint density at radius 2 is 2.05 bits per heavy atom. The van der Waals surface area contributed by atoms with Crippen LogP contribution in [-0.4, -0.2) is 16.9 Å². The molecule has 20 heavy (non-hydrogen) atoms. The molecule has 0 aliphatic heterocycles. The maximum atomic E-state index is 12.1. The van der Waals surface area contributed by atoms with Crippen molar-refractivity contribution in [3.05, 3.63) is 17.8 Å². The lowest BCUT2D eigenvalue weighted by Crippen LogP contribution is -2.37. The molecule has 1 aromatic rings.